The van der Waals surface area contributed by atoms with Crippen molar-refractivity contribution < 1.29 is 13.2 Å². The van der Waals surface area contributed by atoms with Crippen molar-refractivity contribution in [2.75, 3.05) is 30.0 Å². The van der Waals surface area contributed by atoms with Gasteiger partial charge in [0.15, 0.2) is 9.84 Å². The number of rotatable bonds is 2. The van der Waals surface area contributed by atoms with Crippen LogP contribution in [0.3, 0.4) is 0 Å². The van der Waals surface area contributed by atoms with Gasteiger partial charge in [-0.15, -0.1) is 0 Å². The third-order valence-corrected chi connectivity index (χ3v) is 4.80. The van der Waals surface area contributed by atoms with Gasteiger partial charge in [-0.25, -0.2) is 8.42 Å². The summed E-state index contributed by atoms with van der Waals surface area (Å²) in [5.74, 6) is 5.27. The molecule has 0 spiro atoms. The molecule has 0 radical (unpaired) electrons. The van der Waals surface area contributed by atoms with E-state index in [9.17, 15) is 13.2 Å². The number of hydrogen-bond acceptors (Lipinski definition) is 5. The van der Waals surface area contributed by atoms with Crippen molar-refractivity contribution >= 4 is 21.4 Å². The Hall–Kier alpha value is -1.60. The van der Waals surface area contributed by atoms with E-state index in [0.717, 1.165) is 5.56 Å². The summed E-state index contributed by atoms with van der Waals surface area (Å²) in [5.41, 5.74) is 4.52. The Labute approximate surface area is 112 Å². The third kappa shape index (κ3) is 3.05. The average molecular weight is 283 g/mol. The average Bonchev–Trinajstić information content (AvgIpc) is 2.37. The van der Waals surface area contributed by atoms with Gasteiger partial charge in [0.1, 0.15) is 0 Å². The number of aryl methyl sites for hydroxylation is 1. The predicted octanol–water partition coefficient (Wildman–Crippen LogP) is 0.151. The summed E-state index contributed by atoms with van der Waals surface area (Å²) in [6, 6.07) is 5.32. The van der Waals surface area contributed by atoms with Gasteiger partial charge < -0.3 is 10.3 Å². The number of nitrogens with two attached hydrogens (primary N) is 1. The normalized spacial score (nSPS) is 18.1. The van der Waals surface area contributed by atoms with Crippen LogP contribution >= 0.6 is 0 Å². The fraction of sp³-hybridized carbons (Fsp3) is 0.417. The van der Waals surface area contributed by atoms with Crippen LogP contribution < -0.4 is 11.3 Å². The molecule has 7 heteroatoms. The number of benzene rings is 1. The minimum atomic E-state index is -2.99. The molecule has 1 saturated heterocycles. The monoisotopic (exact) mass is 283 g/mol. The predicted molar refractivity (Wildman–Crippen MR) is 73.5 cm³/mol. The Kier molecular flexibility index (Phi) is 3.77. The fourth-order valence-corrected chi connectivity index (χ4v) is 3.25. The quantitative estimate of drug-likeness (QED) is 0.595. The molecule has 1 aromatic rings. The SMILES string of the molecule is Cc1ccc(C(=O)N2CCS(=O)(=O)CC2)c(NN)c1. The van der Waals surface area contributed by atoms with Gasteiger partial charge in [-0.05, 0) is 24.6 Å². The van der Waals surface area contributed by atoms with Crippen LogP contribution in [0.25, 0.3) is 0 Å². The molecule has 19 heavy (non-hydrogen) atoms. The maximum absolute atomic E-state index is 12.3. The van der Waals surface area contributed by atoms with Gasteiger partial charge in [-0.1, -0.05) is 6.07 Å². The van der Waals surface area contributed by atoms with Crippen molar-refractivity contribution in [3.8, 4) is 0 Å². The molecule has 6 nitrogen and oxygen atoms in total. The molecule has 0 aromatic heterocycles. The number of nitrogens with zero attached hydrogens (tertiary/aromatic N) is 1. The molecule has 0 atom stereocenters. The van der Waals surface area contributed by atoms with Crippen LogP contribution in [0.5, 0.6) is 0 Å². The highest BCUT2D eigenvalue weighted by atomic mass is 32.2. The third-order valence-electron chi connectivity index (χ3n) is 3.19. The number of amides is 1. The van der Waals surface area contributed by atoms with Gasteiger partial charge in [0, 0.05) is 13.1 Å². The summed E-state index contributed by atoms with van der Waals surface area (Å²) in [5, 5.41) is 0. The molecule has 0 saturated carbocycles. The Morgan fingerprint density at radius 3 is 2.53 bits per heavy atom. The largest absolute Gasteiger partial charge is 0.337 e. The van der Waals surface area contributed by atoms with Crippen LogP contribution in [0, 0.1) is 6.92 Å². The van der Waals surface area contributed by atoms with Gasteiger partial charge in [0.25, 0.3) is 5.91 Å². The second-order valence-corrected chi connectivity index (χ2v) is 6.94. The van der Waals surface area contributed by atoms with E-state index in [1.807, 2.05) is 13.0 Å². The van der Waals surface area contributed by atoms with Crippen LogP contribution in [0.15, 0.2) is 18.2 Å². The Morgan fingerprint density at radius 2 is 1.95 bits per heavy atom. The first-order chi connectivity index (χ1) is 8.93. The molecule has 0 aliphatic carbocycles. The topological polar surface area (TPSA) is 92.5 Å². The lowest BCUT2D eigenvalue weighted by Crippen LogP contribution is -2.44. The van der Waals surface area contributed by atoms with Crippen LogP contribution in [0.4, 0.5) is 5.69 Å². The van der Waals surface area contributed by atoms with Crippen LogP contribution in [-0.2, 0) is 9.84 Å². The van der Waals surface area contributed by atoms with Crippen LogP contribution in [0.1, 0.15) is 15.9 Å². The highest BCUT2D eigenvalue weighted by molar-refractivity contribution is 7.91. The number of hydrazine groups is 1. The molecule has 3 N–H and O–H groups in total. The van der Waals surface area contributed by atoms with Crippen molar-refractivity contribution in [2.24, 2.45) is 5.84 Å². The number of hydrogen-bond donors (Lipinski definition) is 2. The van der Waals surface area contributed by atoms with Crippen molar-refractivity contribution in [1.82, 2.24) is 4.90 Å². The summed E-state index contributed by atoms with van der Waals surface area (Å²) in [7, 11) is -2.99. The first-order valence-corrected chi connectivity index (χ1v) is 7.82. The van der Waals surface area contributed by atoms with E-state index in [1.165, 1.54) is 0 Å². The van der Waals surface area contributed by atoms with Gasteiger partial charge in [0.05, 0.1) is 22.8 Å². The first-order valence-electron chi connectivity index (χ1n) is 6.00. The van der Waals surface area contributed by atoms with Gasteiger partial charge in [-0.2, -0.15) is 0 Å². The first kappa shape index (κ1) is 13.8. The van der Waals surface area contributed by atoms with Gasteiger partial charge in [-0.3, -0.25) is 10.6 Å². The summed E-state index contributed by atoms with van der Waals surface area (Å²) in [4.78, 5) is 13.9. The molecule has 1 aliphatic rings. The second-order valence-electron chi connectivity index (χ2n) is 4.64. The van der Waals surface area contributed by atoms with Crippen molar-refractivity contribution in [3.63, 3.8) is 0 Å². The molecule has 0 bridgehead atoms. The molecular formula is C12H17N3O3S. The van der Waals surface area contributed by atoms with E-state index >= 15 is 0 Å². The minimum Gasteiger partial charge on any atom is -0.337 e. The Balaban J connectivity index is 2.21. The lowest BCUT2D eigenvalue weighted by molar-refractivity contribution is 0.0771. The number of nitrogens with one attached hydrogen (secondary N) is 1. The van der Waals surface area contributed by atoms with E-state index in [0.29, 0.717) is 11.3 Å². The number of sulfone groups is 1. The molecule has 1 aromatic carbocycles. The number of nitrogen functional groups attached to an aromatic ring is 1. The molecule has 104 valence electrons. The molecule has 0 unspecified atom stereocenters. The fourth-order valence-electron chi connectivity index (χ4n) is 2.05. The summed E-state index contributed by atoms with van der Waals surface area (Å²) < 4.78 is 22.7. The standard InChI is InChI=1S/C12H17N3O3S/c1-9-2-3-10(11(8-9)14-13)12(16)15-4-6-19(17,18)7-5-15/h2-3,8,14H,4-7,13H2,1H3. The number of carbonyl (C=O) groups is 1. The van der Waals surface area contributed by atoms with Gasteiger partial charge >= 0.3 is 0 Å². The summed E-state index contributed by atoms with van der Waals surface area (Å²) >= 11 is 0. The summed E-state index contributed by atoms with van der Waals surface area (Å²) in [6.07, 6.45) is 0. The second kappa shape index (κ2) is 5.18. The molecule has 1 amide bonds. The smallest absolute Gasteiger partial charge is 0.256 e. The summed E-state index contributed by atoms with van der Waals surface area (Å²) in [6.45, 7) is 2.38. The van der Waals surface area contributed by atoms with E-state index in [-0.39, 0.29) is 30.5 Å². The molecule has 1 aliphatic heterocycles. The van der Waals surface area contributed by atoms with Crippen molar-refractivity contribution in [2.45, 2.75) is 6.92 Å². The molecule has 1 fully saturated rings. The zero-order chi connectivity index (χ0) is 14.0. The van der Waals surface area contributed by atoms with E-state index in [2.05, 4.69) is 5.43 Å². The lowest BCUT2D eigenvalue weighted by atomic mass is 10.1. The van der Waals surface area contributed by atoms with Crippen molar-refractivity contribution in [1.29, 1.82) is 0 Å². The number of anilines is 1. The number of carbonyl (C=O) groups excluding carboxylic acids is 1. The molecule has 2 rings (SSSR count). The van der Waals surface area contributed by atoms with E-state index in [4.69, 9.17) is 5.84 Å². The molecule has 1 heterocycles. The zero-order valence-corrected chi connectivity index (χ0v) is 11.5. The zero-order valence-electron chi connectivity index (χ0n) is 10.7. The van der Waals surface area contributed by atoms with Crippen molar-refractivity contribution in [3.05, 3.63) is 29.3 Å². The van der Waals surface area contributed by atoms with Crippen LogP contribution in [0.2, 0.25) is 0 Å². The Bertz CT molecular complexity index is 584. The Morgan fingerprint density at radius 1 is 1.32 bits per heavy atom. The maximum atomic E-state index is 12.3. The van der Waals surface area contributed by atoms with Gasteiger partial charge in [0.2, 0.25) is 0 Å². The van der Waals surface area contributed by atoms with E-state index < -0.39 is 9.84 Å². The highest BCUT2D eigenvalue weighted by Crippen LogP contribution is 2.19. The lowest BCUT2D eigenvalue weighted by Gasteiger charge is -2.27. The van der Waals surface area contributed by atoms with E-state index in [1.54, 1.807) is 17.0 Å². The maximum Gasteiger partial charge on any atom is 0.256 e. The molecular weight excluding hydrogens is 266 g/mol. The highest BCUT2D eigenvalue weighted by Gasteiger charge is 2.26. The van der Waals surface area contributed by atoms with Crippen LogP contribution in [-0.4, -0.2) is 43.8 Å². The minimum absolute atomic E-state index is 0.0238.